The molecule has 0 aliphatic rings. The summed E-state index contributed by atoms with van der Waals surface area (Å²) in [5, 5.41) is 10.2. The molecule has 0 aromatic heterocycles. The van der Waals surface area contributed by atoms with E-state index in [1.165, 1.54) is 16.5 Å². The van der Waals surface area contributed by atoms with E-state index in [2.05, 4.69) is 60.0 Å². The molecule has 0 unspecified atom stereocenters. The number of rotatable bonds is 5. The van der Waals surface area contributed by atoms with Crippen molar-refractivity contribution in [2.45, 2.75) is 6.92 Å². The molecule has 0 bridgehead atoms. The quantitative estimate of drug-likeness (QED) is 0.623. The Hall–Kier alpha value is -2.19. The molecular weight excluding hydrogens is 292 g/mol. The van der Waals surface area contributed by atoms with E-state index < -0.39 is 0 Å². The van der Waals surface area contributed by atoms with Crippen molar-refractivity contribution in [3.63, 3.8) is 0 Å². The second-order valence-corrected chi connectivity index (χ2v) is 5.78. The van der Waals surface area contributed by atoms with E-state index in [1.807, 2.05) is 18.2 Å². The molecule has 3 aromatic rings. The van der Waals surface area contributed by atoms with E-state index in [-0.39, 0.29) is 0 Å². The van der Waals surface area contributed by atoms with Crippen LogP contribution in [0.25, 0.3) is 10.8 Å². The van der Waals surface area contributed by atoms with Crippen LogP contribution in [-0.2, 0) is 0 Å². The Morgan fingerprint density at radius 3 is 2.36 bits per heavy atom. The van der Waals surface area contributed by atoms with Crippen molar-refractivity contribution in [2.24, 2.45) is 0 Å². The van der Waals surface area contributed by atoms with Crippen LogP contribution in [-0.4, -0.2) is 13.1 Å². The first-order valence-corrected chi connectivity index (χ1v) is 7.83. The summed E-state index contributed by atoms with van der Waals surface area (Å²) in [4.78, 5) is 0. The molecular formula is C19H19ClN2. The monoisotopic (exact) mass is 310 g/mol. The van der Waals surface area contributed by atoms with Crippen molar-refractivity contribution in [3.05, 3.63) is 71.2 Å². The number of anilines is 2. The van der Waals surface area contributed by atoms with Gasteiger partial charge in [-0.05, 0) is 42.1 Å². The van der Waals surface area contributed by atoms with Crippen LogP contribution in [0.1, 0.15) is 5.56 Å². The second-order valence-electron chi connectivity index (χ2n) is 5.34. The summed E-state index contributed by atoms with van der Waals surface area (Å²) >= 11 is 5.97. The number of hydrogen-bond acceptors (Lipinski definition) is 2. The van der Waals surface area contributed by atoms with Crippen LogP contribution in [0, 0.1) is 6.92 Å². The average molecular weight is 311 g/mol. The van der Waals surface area contributed by atoms with E-state index in [1.54, 1.807) is 0 Å². The lowest BCUT2D eigenvalue weighted by molar-refractivity contribution is 1.08. The Morgan fingerprint density at radius 1 is 0.818 bits per heavy atom. The van der Waals surface area contributed by atoms with Crippen LogP contribution in [0.2, 0.25) is 5.02 Å². The van der Waals surface area contributed by atoms with Gasteiger partial charge >= 0.3 is 0 Å². The van der Waals surface area contributed by atoms with Gasteiger partial charge in [0.25, 0.3) is 0 Å². The first kappa shape index (κ1) is 14.7. The molecule has 0 radical (unpaired) electrons. The van der Waals surface area contributed by atoms with Crippen LogP contribution in [0.4, 0.5) is 11.4 Å². The topological polar surface area (TPSA) is 24.1 Å². The fourth-order valence-corrected chi connectivity index (χ4v) is 2.83. The molecule has 0 atom stereocenters. The molecule has 0 aliphatic carbocycles. The number of benzene rings is 3. The number of fused-ring (bicyclic) bond motifs is 1. The average Bonchev–Trinajstić information content (AvgIpc) is 2.53. The van der Waals surface area contributed by atoms with Gasteiger partial charge in [-0.25, -0.2) is 0 Å². The van der Waals surface area contributed by atoms with Crippen LogP contribution >= 0.6 is 11.6 Å². The zero-order chi connectivity index (χ0) is 15.4. The Labute approximate surface area is 136 Å². The largest absolute Gasteiger partial charge is 0.383 e. The lowest BCUT2D eigenvalue weighted by Gasteiger charge is -2.12. The maximum absolute atomic E-state index is 5.97. The normalized spacial score (nSPS) is 10.6. The molecule has 0 fully saturated rings. The smallest absolute Gasteiger partial charge is 0.0420 e. The summed E-state index contributed by atoms with van der Waals surface area (Å²) in [6, 6.07) is 20.7. The molecule has 0 aliphatic heterocycles. The van der Waals surface area contributed by atoms with Crippen LogP contribution in [0.3, 0.4) is 0 Å². The van der Waals surface area contributed by atoms with Crippen LogP contribution < -0.4 is 10.6 Å². The highest BCUT2D eigenvalue weighted by atomic mass is 35.5. The third-order valence-electron chi connectivity index (χ3n) is 3.73. The molecule has 0 spiro atoms. The molecule has 0 saturated carbocycles. The van der Waals surface area contributed by atoms with Gasteiger partial charge in [-0.2, -0.15) is 0 Å². The SMILES string of the molecule is Cc1cc(Cl)ccc1NCCNc1cccc2ccccc12. The van der Waals surface area contributed by atoms with E-state index in [9.17, 15) is 0 Å². The van der Waals surface area contributed by atoms with E-state index in [0.29, 0.717) is 0 Å². The Bertz CT molecular complexity index is 778. The van der Waals surface area contributed by atoms with Gasteiger partial charge in [-0.3, -0.25) is 0 Å². The Kier molecular flexibility index (Phi) is 4.50. The predicted molar refractivity (Wildman–Crippen MR) is 97.1 cm³/mol. The van der Waals surface area contributed by atoms with Crippen molar-refractivity contribution in [3.8, 4) is 0 Å². The molecule has 0 saturated heterocycles. The zero-order valence-electron chi connectivity index (χ0n) is 12.6. The molecule has 0 amide bonds. The first-order chi connectivity index (χ1) is 10.7. The summed E-state index contributed by atoms with van der Waals surface area (Å²) in [6.45, 7) is 3.77. The van der Waals surface area contributed by atoms with E-state index in [4.69, 9.17) is 11.6 Å². The number of hydrogen-bond donors (Lipinski definition) is 2. The van der Waals surface area contributed by atoms with E-state index >= 15 is 0 Å². The van der Waals surface area contributed by atoms with Gasteiger partial charge in [-0.1, -0.05) is 48.0 Å². The van der Waals surface area contributed by atoms with Crippen molar-refractivity contribution in [2.75, 3.05) is 23.7 Å². The van der Waals surface area contributed by atoms with Gasteiger partial charge in [0.1, 0.15) is 0 Å². The summed E-state index contributed by atoms with van der Waals surface area (Å²) < 4.78 is 0. The van der Waals surface area contributed by atoms with Gasteiger partial charge < -0.3 is 10.6 Å². The van der Waals surface area contributed by atoms with Crippen molar-refractivity contribution in [1.29, 1.82) is 0 Å². The maximum atomic E-state index is 5.97. The fraction of sp³-hybridized carbons (Fsp3) is 0.158. The summed E-state index contributed by atoms with van der Waals surface area (Å²) in [7, 11) is 0. The predicted octanol–water partition coefficient (Wildman–Crippen LogP) is 5.33. The Morgan fingerprint density at radius 2 is 1.55 bits per heavy atom. The minimum absolute atomic E-state index is 0.775. The Balaban J connectivity index is 1.61. The number of nitrogens with one attached hydrogen (secondary N) is 2. The third-order valence-corrected chi connectivity index (χ3v) is 3.97. The van der Waals surface area contributed by atoms with Crippen LogP contribution in [0.15, 0.2) is 60.7 Å². The minimum atomic E-state index is 0.775. The summed E-state index contributed by atoms with van der Waals surface area (Å²) in [6.07, 6.45) is 0. The highest BCUT2D eigenvalue weighted by Crippen LogP contribution is 2.23. The molecule has 2 nitrogen and oxygen atoms in total. The maximum Gasteiger partial charge on any atom is 0.0420 e. The summed E-state index contributed by atoms with van der Waals surface area (Å²) in [5.41, 5.74) is 3.47. The highest BCUT2D eigenvalue weighted by Gasteiger charge is 2.00. The molecule has 3 heteroatoms. The van der Waals surface area contributed by atoms with Crippen molar-refractivity contribution >= 4 is 33.7 Å². The standard InChI is InChI=1S/C19H19ClN2/c1-14-13-16(20)9-10-18(14)21-11-12-22-19-8-4-6-15-5-2-3-7-17(15)19/h2-10,13,21-22H,11-12H2,1H3. The fourth-order valence-electron chi connectivity index (χ4n) is 2.60. The van der Waals surface area contributed by atoms with Crippen molar-refractivity contribution < 1.29 is 0 Å². The first-order valence-electron chi connectivity index (χ1n) is 7.46. The second kappa shape index (κ2) is 6.71. The zero-order valence-corrected chi connectivity index (χ0v) is 13.3. The van der Waals surface area contributed by atoms with Gasteiger partial charge in [-0.15, -0.1) is 0 Å². The lowest BCUT2D eigenvalue weighted by Crippen LogP contribution is -2.14. The number of halogens is 1. The lowest BCUT2D eigenvalue weighted by atomic mass is 10.1. The van der Waals surface area contributed by atoms with Crippen molar-refractivity contribution in [1.82, 2.24) is 0 Å². The van der Waals surface area contributed by atoms with E-state index in [0.717, 1.165) is 29.4 Å². The van der Waals surface area contributed by atoms with Crippen LogP contribution in [0.5, 0.6) is 0 Å². The van der Waals surface area contributed by atoms with Gasteiger partial charge in [0, 0.05) is 34.9 Å². The number of aryl methyl sites for hydroxylation is 1. The van der Waals surface area contributed by atoms with Gasteiger partial charge in [0.15, 0.2) is 0 Å². The molecule has 22 heavy (non-hydrogen) atoms. The molecule has 3 aromatic carbocycles. The van der Waals surface area contributed by atoms with Gasteiger partial charge in [0.2, 0.25) is 0 Å². The van der Waals surface area contributed by atoms with Gasteiger partial charge in [0.05, 0.1) is 0 Å². The molecule has 3 rings (SSSR count). The highest BCUT2D eigenvalue weighted by molar-refractivity contribution is 6.30. The molecule has 0 heterocycles. The molecule has 112 valence electrons. The third kappa shape index (κ3) is 3.34. The summed E-state index contributed by atoms with van der Waals surface area (Å²) in [5.74, 6) is 0. The minimum Gasteiger partial charge on any atom is -0.383 e. The molecule has 2 N–H and O–H groups in total.